The molecule has 1 amide bonds. The average Bonchev–Trinajstić information content (AvgIpc) is 2.40. The summed E-state index contributed by atoms with van der Waals surface area (Å²) in [4.78, 5) is 11.5. The lowest BCUT2D eigenvalue weighted by molar-refractivity contribution is -0.0276. The summed E-state index contributed by atoms with van der Waals surface area (Å²) in [5.74, 6) is 0.547. The molecule has 0 aromatic heterocycles. The van der Waals surface area contributed by atoms with Crippen LogP contribution in [0.3, 0.4) is 0 Å². The van der Waals surface area contributed by atoms with Crippen molar-refractivity contribution in [2.45, 2.75) is 71.0 Å². The van der Waals surface area contributed by atoms with Crippen molar-refractivity contribution in [2.24, 2.45) is 5.92 Å². The molecule has 1 aliphatic rings. The lowest BCUT2D eigenvalue weighted by Crippen LogP contribution is -2.34. The molecule has 1 aliphatic carbocycles. The van der Waals surface area contributed by atoms with Gasteiger partial charge in [-0.2, -0.15) is 0 Å². The van der Waals surface area contributed by atoms with E-state index >= 15 is 0 Å². The molecule has 0 saturated heterocycles. The Morgan fingerprint density at radius 3 is 2.67 bits per heavy atom. The summed E-state index contributed by atoms with van der Waals surface area (Å²) in [5.41, 5.74) is -0.448. The molecule has 21 heavy (non-hydrogen) atoms. The van der Waals surface area contributed by atoms with Gasteiger partial charge < -0.3 is 19.9 Å². The SMILES string of the molecule is CC(C)(C)OC(=O)NCCC[C@@H]1CCCC[C@@H]1OCCO. The van der Waals surface area contributed by atoms with Gasteiger partial charge in [-0.3, -0.25) is 0 Å². The van der Waals surface area contributed by atoms with Gasteiger partial charge in [0.15, 0.2) is 0 Å². The highest BCUT2D eigenvalue weighted by molar-refractivity contribution is 5.67. The topological polar surface area (TPSA) is 67.8 Å². The van der Waals surface area contributed by atoms with Gasteiger partial charge in [0, 0.05) is 6.54 Å². The molecule has 5 nitrogen and oxygen atoms in total. The maximum atomic E-state index is 11.5. The number of rotatable bonds is 7. The predicted molar refractivity (Wildman–Crippen MR) is 82.3 cm³/mol. The molecule has 0 heterocycles. The predicted octanol–water partition coefficient (Wildman–Crippen LogP) is 2.86. The highest BCUT2D eigenvalue weighted by Gasteiger charge is 2.25. The van der Waals surface area contributed by atoms with Crippen molar-refractivity contribution in [1.29, 1.82) is 0 Å². The van der Waals surface area contributed by atoms with E-state index in [1.807, 2.05) is 20.8 Å². The molecule has 1 rings (SSSR count). The summed E-state index contributed by atoms with van der Waals surface area (Å²) >= 11 is 0. The van der Waals surface area contributed by atoms with Crippen molar-refractivity contribution in [3.8, 4) is 0 Å². The molecule has 1 fully saturated rings. The number of nitrogens with one attached hydrogen (secondary N) is 1. The van der Waals surface area contributed by atoms with Gasteiger partial charge in [0.2, 0.25) is 0 Å². The van der Waals surface area contributed by atoms with Crippen LogP contribution < -0.4 is 5.32 Å². The minimum Gasteiger partial charge on any atom is -0.444 e. The minimum absolute atomic E-state index is 0.0867. The van der Waals surface area contributed by atoms with Crippen molar-refractivity contribution in [1.82, 2.24) is 5.32 Å². The average molecular weight is 301 g/mol. The van der Waals surface area contributed by atoms with Crippen LogP contribution in [-0.4, -0.2) is 42.7 Å². The van der Waals surface area contributed by atoms with Crippen LogP contribution in [0.1, 0.15) is 59.3 Å². The second-order valence-corrected chi connectivity index (χ2v) is 6.75. The first-order valence-electron chi connectivity index (χ1n) is 8.11. The molecular weight excluding hydrogens is 270 g/mol. The number of alkyl carbamates (subject to hydrolysis) is 1. The van der Waals surface area contributed by atoms with Gasteiger partial charge in [-0.1, -0.05) is 12.8 Å². The zero-order chi connectivity index (χ0) is 15.7. The van der Waals surface area contributed by atoms with Gasteiger partial charge in [-0.25, -0.2) is 4.79 Å². The number of aliphatic hydroxyl groups is 1. The number of carbonyl (C=O) groups is 1. The van der Waals surface area contributed by atoms with Crippen molar-refractivity contribution in [2.75, 3.05) is 19.8 Å². The van der Waals surface area contributed by atoms with Gasteiger partial charge in [0.05, 0.1) is 19.3 Å². The molecule has 0 aromatic carbocycles. The quantitative estimate of drug-likeness (QED) is 0.710. The van der Waals surface area contributed by atoms with Crippen LogP contribution in [0.2, 0.25) is 0 Å². The number of hydrogen-bond acceptors (Lipinski definition) is 4. The molecule has 0 aromatic rings. The molecule has 0 spiro atoms. The zero-order valence-electron chi connectivity index (χ0n) is 13.7. The van der Waals surface area contributed by atoms with E-state index in [0.717, 1.165) is 19.3 Å². The monoisotopic (exact) mass is 301 g/mol. The van der Waals surface area contributed by atoms with Crippen molar-refractivity contribution < 1.29 is 19.4 Å². The Kier molecular flexibility index (Phi) is 8.04. The second-order valence-electron chi connectivity index (χ2n) is 6.75. The standard InChI is InChI=1S/C16H31NO4/c1-16(2,3)21-15(19)17-10-6-8-13-7-4-5-9-14(13)20-12-11-18/h13-14,18H,4-12H2,1-3H3,(H,17,19)/t13-,14-/m0/s1. The number of aliphatic hydroxyl groups excluding tert-OH is 1. The van der Waals surface area contributed by atoms with Crippen molar-refractivity contribution >= 4 is 6.09 Å². The van der Waals surface area contributed by atoms with E-state index in [9.17, 15) is 4.79 Å². The lowest BCUT2D eigenvalue weighted by Gasteiger charge is -2.31. The third kappa shape index (κ3) is 8.27. The maximum absolute atomic E-state index is 11.5. The van der Waals surface area contributed by atoms with E-state index in [-0.39, 0.29) is 18.8 Å². The zero-order valence-corrected chi connectivity index (χ0v) is 13.7. The van der Waals surface area contributed by atoms with Gasteiger partial charge in [-0.05, 0) is 52.4 Å². The van der Waals surface area contributed by atoms with Crippen LogP contribution in [-0.2, 0) is 9.47 Å². The summed E-state index contributed by atoms with van der Waals surface area (Å²) in [5, 5.41) is 11.7. The van der Waals surface area contributed by atoms with E-state index < -0.39 is 5.60 Å². The molecule has 0 radical (unpaired) electrons. The van der Waals surface area contributed by atoms with Crippen LogP contribution >= 0.6 is 0 Å². The molecule has 1 saturated carbocycles. The smallest absolute Gasteiger partial charge is 0.407 e. The Morgan fingerprint density at radius 2 is 2.00 bits per heavy atom. The summed E-state index contributed by atoms with van der Waals surface area (Å²) in [7, 11) is 0. The highest BCUT2D eigenvalue weighted by Crippen LogP contribution is 2.30. The third-order valence-electron chi connectivity index (χ3n) is 3.68. The molecule has 0 unspecified atom stereocenters. The molecular formula is C16H31NO4. The molecule has 0 aliphatic heterocycles. The first-order chi connectivity index (χ1) is 9.92. The largest absolute Gasteiger partial charge is 0.444 e. The number of hydrogen-bond donors (Lipinski definition) is 2. The second kappa shape index (κ2) is 9.26. The van der Waals surface area contributed by atoms with Crippen molar-refractivity contribution in [3.63, 3.8) is 0 Å². The Morgan fingerprint density at radius 1 is 1.29 bits per heavy atom. The van der Waals surface area contributed by atoms with Gasteiger partial charge in [0.1, 0.15) is 5.60 Å². The van der Waals surface area contributed by atoms with Gasteiger partial charge in [-0.15, -0.1) is 0 Å². The summed E-state index contributed by atoms with van der Waals surface area (Å²) < 4.78 is 10.9. The van der Waals surface area contributed by atoms with E-state index in [2.05, 4.69) is 5.32 Å². The van der Waals surface area contributed by atoms with Crippen LogP contribution in [0, 0.1) is 5.92 Å². The normalized spacial score (nSPS) is 22.9. The van der Waals surface area contributed by atoms with E-state index in [1.54, 1.807) is 0 Å². The van der Waals surface area contributed by atoms with Crippen LogP contribution in [0.15, 0.2) is 0 Å². The van der Waals surface area contributed by atoms with Crippen LogP contribution in [0.4, 0.5) is 4.79 Å². The lowest BCUT2D eigenvalue weighted by atomic mass is 9.83. The first kappa shape index (κ1) is 18.2. The fraction of sp³-hybridized carbons (Fsp3) is 0.938. The maximum Gasteiger partial charge on any atom is 0.407 e. The fourth-order valence-electron chi connectivity index (χ4n) is 2.80. The van der Waals surface area contributed by atoms with E-state index in [0.29, 0.717) is 19.1 Å². The Hall–Kier alpha value is -0.810. The number of amides is 1. The molecule has 124 valence electrons. The van der Waals surface area contributed by atoms with E-state index in [4.69, 9.17) is 14.6 Å². The Balaban J connectivity index is 2.19. The van der Waals surface area contributed by atoms with Crippen LogP contribution in [0.5, 0.6) is 0 Å². The molecule has 0 bridgehead atoms. The third-order valence-corrected chi connectivity index (χ3v) is 3.68. The van der Waals surface area contributed by atoms with Gasteiger partial charge >= 0.3 is 6.09 Å². The molecule has 5 heteroatoms. The number of ether oxygens (including phenoxy) is 2. The van der Waals surface area contributed by atoms with Crippen LogP contribution in [0.25, 0.3) is 0 Å². The van der Waals surface area contributed by atoms with E-state index in [1.165, 1.54) is 19.3 Å². The summed E-state index contributed by atoms with van der Waals surface area (Å²) in [6.07, 6.45) is 6.64. The Bertz CT molecular complexity index is 301. The van der Waals surface area contributed by atoms with Gasteiger partial charge in [0.25, 0.3) is 0 Å². The molecule has 2 N–H and O–H groups in total. The molecule has 2 atom stereocenters. The summed E-state index contributed by atoms with van der Waals surface area (Å²) in [6.45, 7) is 6.73. The highest BCUT2D eigenvalue weighted by atomic mass is 16.6. The minimum atomic E-state index is -0.448. The fourth-order valence-corrected chi connectivity index (χ4v) is 2.80. The summed E-state index contributed by atoms with van der Waals surface area (Å²) in [6, 6.07) is 0. The Labute approximate surface area is 128 Å². The van der Waals surface area contributed by atoms with Crippen molar-refractivity contribution in [3.05, 3.63) is 0 Å². The number of carbonyl (C=O) groups excluding carboxylic acids is 1. The first-order valence-corrected chi connectivity index (χ1v) is 8.11.